The van der Waals surface area contributed by atoms with Crippen LogP contribution in [0.5, 0.6) is 0 Å². The summed E-state index contributed by atoms with van der Waals surface area (Å²) in [6, 6.07) is 4.82. The van der Waals surface area contributed by atoms with Crippen LogP contribution in [0.2, 0.25) is 0 Å². The zero-order valence-corrected chi connectivity index (χ0v) is 13.5. The summed E-state index contributed by atoms with van der Waals surface area (Å²) >= 11 is 0. The minimum atomic E-state index is -3.59. The molecule has 0 saturated carbocycles. The fraction of sp³-hybridized carbons (Fsp3) is 0.500. The number of nitrogens with zero attached hydrogens (tertiary/aromatic N) is 1. The van der Waals surface area contributed by atoms with Gasteiger partial charge in [-0.25, -0.2) is 8.42 Å². The van der Waals surface area contributed by atoms with E-state index < -0.39 is 10.0 Å². The monoisotopic (exact) mass is 328 g/mol. The van der Waals surface area contributed by atoms with E-state index in [0.29, 0.717) is 37.6 Å². The molecule has 2 rings (SSSR count). The number of hydrogen-bond donors (Lipinski definition) is 1. The third-order valence-electron chi connectivity index (χ3n) is 3.34. The van der Waals surface area contributed by atoms with Gasteiger partial charge in [0, 0.05) is 25.9 Å². The molecule has 1 saturated heterocycles. The van der Waals surface area contributed by atoms with E-state index in [1.165, 1.54) is 17.5 Å². The van der Waals surface area contributed by atoms with Crippen LogP contribution in [0.4, 0.5) is 5.69 Å². The van der Waals surface area contributed by atoms with Crippen molar-refractivity contribution >= 4 is 21.6 Å². The van der Waals surface area contributed by atoms with Gasteiger partial charge in [0.1, 0.15) is 6.61 Å². The summed E-state index contributed by atoms with van der Waals surface area (Å²) in [5, 5.41) is 2.61. The molecule has 7 nitrogen and oxygen atoms in total. The second kappa shape index (κ2) is 7.19. The molecule has 1 fully saturated rings. The first kappa shape index (κ1) is 16.9. The lowest BCUT2D eigenvalue weighted by atomic mass is 10.2. The van der Waals surface area contributed by atoms with Crippen LogP contribution in [0.3, 0.4) is 0 Å². The molecular weight excluding hydrogens is 308 g/mol. The number of sulfonamides is 1. The van der Waals surface area contributed by atoms with Crippen LogP contribution in [0.15, 0.2) is 23.1 Å². The first-order chi connectivity index (χ1) is 10.4. The van der Waals surface area contributed by atoms with Gasteiger partial charge < -0.3 is 14.8 Å². The van der Waals surface area contributed by atoms with Crippen molar-refractivity contribution in [3.63, 3.8) is 0 Å². The van der Waals surface area contributed by atoms with Crippen LogP contribution in [-0.4, -0.2) is 58.7 Å². The Bertz CT molecular complexity index is 639. The van der Waals surface area contributed by atoms with E-state index in [9.17, 15) is 13.2 Å². The van der Waals surface area contributed by atoms with Gasteiger partial charge in [0.2, 0.25) is 15.9 Å². The average Bonchev–Trinajstić information content (AvgIpc) is 2.50. The Hall–Kier alpha value is -1.48. The Morgan fingerprint density at radius 3 is 2.68 bits per heavy atom. The number of morpholine rings is 1. The van der Waals surface area contributed by atoms with Crippen molar-refractivity contribution in [2.24, 2.45) is 0 Å². The van der Waals surface area contributed by atoms with Gasteiger partial charge in [-0.2, -0.15) is 4.31 Å². The second-order valence-electron chi connectivity index (χ2n) is 4.98. The predicted octanol–water partition coefficient (Wildman–Crippen LogP) is 0.601. The summed E-state index contributed by atoms with van der Waals surface area (Å²) in [6.07, 6.45) is 0. The third-order valence-corrected chi connectivity index (χ3v) is 5.38. The first-order valence-corrected chi connectivity index (χ1v) is 8.36. The Morgan fingerprint density at radius 1 is 1.36 bits per heavy atom. The summed E-state index contributed by atoms with van der Waals surface area (Å²) in [6.45, 7) is 3.10. The summed E-state index contributed by atoms with van der Waals surface area (Å²) < 4.78 is 36.7. The van der Waals surface area contributed by atoms with Gasteiger partial charge in [0.25, 0.3) is 0 Å². The van der Waals surface area contributed by atoms with Crippen LogP contribution in [0.1, 0.15) is 5.56 Å². The molecule has 0 aromatic heterocycles. The molecule has 1 heterocycles. The molecular formula is C14H20N2O5S. The number of carbonyl (C=O) groups excluding carboxylic acids is 1. The van der Waals surface area contributed by atoms with E-state index >= 15 is 0 Å². The maximum atomic E-state index is 12.7. The maximum absolute atomic E-state index is 12.7. The molecule has 1 aliphatic heterocycles. The number of hydrogen-bond acceptors (Lipinski definition) is 5. The van der Waals surface area contributed by atoms with Crippen molar-refractivity contribution in [3.05, 3.63) is 23.8 Å². The van der Waals surface area contributed by atoms with Crippen LogP contribution in [-0.2, 0) is 24.3 Å². The molecule has 1 amide bonds. The van der Waals surface area contributed by atoms with E-state index in [0.717, 1.165) is 0 Å². The zero-order chi connectivity index (χ0) is 16.2. The maximum Gasteiger partial charge on any atom is 0.250 e. The smallest absolute Gasteiger partial charge is 0.250 e. The highest BCUT2D eigenvalue weighted by molar-refractivity contribution is 7.89. The quantitative estimate of drug-likeness (QED) is 0.855. The number of carbonyl (C=O) groups is 1. The highest BCUT2D eigenvalue weighted by Crippen LogP contribution is 2.24. The molecule has 0 aliphatic carbocycles. The Labute approximate surface area is 130 Å². The number of rotatable bonds is 5. The molecule has 0 unspecified atom stereocenters. The second-order valence-corrected chi connectivity index (χ2v) is 6.88. The molecule has 1 aromatic carbocycles. The lowest BCUT2D eigenvalue weighted by molar-refractivity contribution is -0.119. The zero-order valence-electron chi connectivity index (χ0n) is 12.7. The molecule has 0 bridgehead atoms. The molecule has 1 N–H and O–H groups in total. The van der Waals surface area contributed by atoms with Gasteiger partial charge in [0.15, 0.2) is 0 Å². The van der Waals surface area contributed by atoms with Crippen LogP contribution >= 0.6 is 0 Å². The number of nitrogens with one attached hydrogen (secondary N) is 1. The minimum absolute atomic E-state index is 0.0839. The number of aryl methyl sites for hydroxylation is 1. The normalized spacial score (nSPS) is 16.5. The predicted molar refractivity (Wildman–Crippen MR) is 81.3 cm³/mol. The van der Waals surface area contributed by atoms with Crippen molar-refractivity contribution in [1.82, 2.24) is 4.31 Å². The lowest BCUT2D eigenvalue weighted by Gasteiger charge is -2.26. The van der Waals surface area contributed by atoms with Crippen molar-refractivity contribution in [2.45, 2.75) is 11.8 Å². The van der Waals surface area contributed by atoms with Gasteiger partial charge in [-0.1, -0.05) is 6.07 Å². The lowest BCUT2D eigenvalue weighted by Crippen LogP contribution is -2.40. The fourth-order valence-corrected chi connectivity index (χ4v) is 3.87. The highest BCUT2D eigenvalue weighted by Gasteiger charge is 2.28. The van der Waals surface area contributed by atoms with Gasteiger partial charge in [0.05, 0.1) is 18.1 Å². The summed E-state index contributed by atoms with van der Waals surface area (Å²) in [5.41, 5.74) is 1.07. The number of anilines is 1. The standard InChI is InChI=1S/C14H20N2O5S/c1-11-3-4-12(15-14(17)10-20-2)9-13(11)22(18,19)16-5-7-21-8-6-16/h3-4,9H,5-8,10H2,1-2H3,(H,15,17). The number of ether oxygens (including phenoxy) is 2. The summed E-state index contributed by atoms with van der Waals surface area (Å²) in [4.78, 5) is 11.7. The van der Waals surface area contributed by atoms with E-state index in [-0.39, 0.29) is 17.4 Å². The number of methoxy groups -OCH3 is 1. The van der Waals surface area contributed by atoms with Gasteiger partial charge >= 0.3 is 0 Å². The fourth-order valence-electron chi connectivity index (χ4n) is 2.21. The van der Waals surface area contributed by atoms with Crippen molar-refractivity contribution < 1.29 is 22.7 Å². The van der Waals surface area contributed by atoms with Gasteiger partial charge in [-0.3, -0.25) is 4.79 Å². The molecule has 0 atom stereocenters. The molecule has 22 heavy (non-hydrogen) atoms. The van der Waals surface area contributed by atoms with Crippen LogP contribution < -0.4 is 5.32 Å². The van der Waals surface area contributed by atoms with E-state index in [1.54, 1.807) is 19.1 Å². The SMILES string of the molecule is COCC(=O)Nc1ccc(C)c(S(=O)(=O)N2CCOCC2)c1. The molecule has 1 aromatic rings. The molecule has 1 aliphatic rings. The van der Waals surface area contributed by atoms with Crippen molar-refractivity contribution in [2.75, 3.05) is 45.3 Å². The Morgan fingerprint density at radius 2 is 2.05 bits per heavy atom. The van der Waals surface area contributed by atoms with Crippen molar-refractivity contribution in [3.8, 4) is 0 Å². The number of benzene rings is 1. The topological polar surface area (TPSA) is 84.9 Å². The van der Waals surface area contributed by atoms with Crippen LogP contribution in [0, 0.1) is 6.92 Å². The molecule has 122 valence electrons. The Kier molecular flexibility index (Phi) is 5.52. The minimum Gasteiger partial charge on any atom is -0.379 e. The Balaban J connectivity index is 2.27. The highest BCUT2D eigenvalue weighted by atomic mass is 32.2. The average molecular weight is 328 g/mol. The van der Waals surface area contributed by atoms with E-state index in [4.69, 9.17) is 9.47 Å². The molecule has 8 heteroatoms. The summed E-state index contributed by atoms with van der Waals surface area (Å²) in [5.74, 6) is -0.332. The number of amides is 1. The van der Waals surface area contributed by atoms with E-state index in [2.05, 4.69) is 5.32 Å². The molecule has 0 radical (unpaired) electrons. The largest absolute Gasteiger partial charge is 0.379 e. The van der Waals surface area contributed by atoms with E-state index in [1.807, 2.05) is 0 Å². The first-order valence-electron chi connectivity index (χ1n) is 6.92. The third kappa shape index (κ3) is 3.83. The molecule has 0 spiro atoms. The van der Waals surface area contributed by atoms with Gasteiger partial charge in [-0.05, 0) is 24.6 Å². The van der Waals surface area contributed by atoms with Crippen LogP contribution in [0.25, 0.3) is 0 Å². The summed E-state index contributed by atoms with van der Waals surface area (Å²) in [7, 11) is -2.17. The van der Waals surface area contributed by atoms with Crippen molar-refractivity contribution in [1.29, 1.82) is 0 Å². The van der Waals surface area contributed by atoms with Gasteiger partial charge in [-0.15, -0.1) is 0 Å².